The number of rotatable bonds is 23. The number of nitrogens with two attached hydrogens (primary N) is 1. The number of thiazole rings is 2. The van der Waals surface area contributed by atoms with E-state index in [1.54, 1.807) is 92.2 Å². The number of sulfonamides is 2. The van der Waals surface area contributed by atoms with Gasteiger partial charge in [-0.05, 0) is 198 Å². The van der Waals surface area contributed by atoms with Crippen molar-refractivity contribution in [3.05, 3.63) is 161 Å². The molecule has 12 rings (SSSR count). The number of amides is 5. The Morgan fingerprint density at radius 1 is 0.608 bits per heavy atom. The molecule has 0 unspecified atom stereocenters. The maximum absolute atomic E-state index is 14.0. The minimum absolute atomic E-state index is 0. The van der Waals surface area contributed by atoms with Crippen molar-refractivity contribution in [1.29, 1.82) is 1.34 Å². The average molecular weight is 1940 g/mol. The van der Waals surface area contributed by atoms with Gasteiger partial charge in [-0.25, -0.2) is 56.3 Å². The Labute approximate surface area is 736 Å². The van der Waals surface area contributed by atoms with Crippen LogP contribution in [0.4, 0.5) is 19.9 Å². The molecule has 0 bridgehead atoms. The molecule has 2 aromatic carbocycles. The van der Waals surface area contributed by atoms with Crippen molar-refractivity contribution < 1.29 is 110 Å². The smallest absolute Gasteiger partial charge is 0.411 e. The monoisotopic (exact) mass is 1940 g/mol. The van der Waals surface area contributed by atoms with Gasteiger partial charge in [-0.2, -0.15) is 0 Å². The van der Waals surface area contributed by atoms with Gasteiger partial charge in [0, 0.05) is 122 Å². The number of nitrogens with zero attached hydrogens (tertiary/aromatic N) is 6. The molecular formula is C85H103BN12O17S4U. The summed E-state index contributed by atoms with van der Waals surface area (Å²) >= 11 is 2.93. The summed E-state index contributed by atoms with van der Waals surface area (Å²) in [4.78, 5) is 102. The van der Waals surface area contributed by atoms with Crippen molar-refractivity contribution >= 4 is 119 Å². The van der Waals surface area contributed by atoms with Gasteiger partial charge in [0.15, 0.2) is 10.3 Å². The molecule has 2 radical (unpaired) electrons. The minimum Gasteiger partial charge on any atom is -0.497 e. The van der Waals surface area contributed by atoms with Gasteiger partial charge in [0.25, 0.3) is 5.91 Å². The second-order valence-electron chi connectivity index (χ2n) is 30.5. The Morgan fingerprint density at radius 3 is 1.30 bits per heavy atom. The fraction of sp³-hybridized carbons (Fsp3) is 0.447. The van der Waals surface area contributed by atoms with Gasteiger partial charge < -0.3 is 54.8 Å². The number of likely N-dealkylation sites (tertiary alicyclic amines) is 2. The molecule has 6 aliphatic rings. The van der Waals surface area contributed by atoms with Gasteiger partial charge in [-0.15, -0.1) is 35.8 Å². The SMILES string of the molecule is C.C.C=C=C=C=C=C=C=C=C=C=C=C=C.C=C[C@@H]1C[C@]1(NC(=O)[C@@H]1C[C@@H](Oc2cc(-c3csc(NC(C)C)n3)nc3cc(OC)ccc23)CN1C(=O)OC(C)(C)C)C(=O)NS(=O)(=O)C1CC1.C=C[C@@H]1C[C@]1(NC(=O)[C@@H]1C[C@@H](Oc2cc(-c3csc(NC(C)C)n3)nc3cc(OC)ccc23)CN1C(=O)OC(C)(C)C)C(=O)O.NS(=O)(=O)C1CC1.[2H][B].[U]. The molecular weight excluding hydrogens is 1840 g/mol. The van der Waals surface area contributed by atoms with Crippen molar-refractivity contribution in [2.24, 2.45) is 17.0 Å². The summed E-state index contributed by atoms with van der Waals surface area (Å²) < 4.78 is 88.3. The Bertz CT molecular complexity index is 5470. The molecule has 6 aromatic rings. The van der Waals surface area contributed by atoms with E-state index in [9.17, 15) is 50.7 Å². The number of aromatic nitrogens is 4. The van der Waals surface area contributed by atoms with Crippen LogP contribution in [0.3, 0.4) is 0 Å². The van der Waals surface area contributed by atoms with Crippen LogP contribution in [-0.2, 0) is 48.7 Å². The van der Waals surface area contributed by atoms with E-state index in [0.717, 1.165) is 23.1 Å². The van der Waals surface area contributed by atoms with Crippen molar-refractivity contribution in [3.63, 3.8) is 0 Å². The van der Waals surface area contributed by atoms with Crippen LogP contribution in [-0.4, -0.2) is 194 Å². The summed E-state index contributed by atoms with van der Waals surface area (Å²) in [6.07, 6.45) is 3.41. The second-order valence-corrected chi connectivity index (χ2v) is 36.0. The number of primary sulfonamides is 1. The number of methoxy groups -OCH3 is 2. The van der Waals surface area contributed by atoms with E-state index >= 15 is 0 Å². The van der Waals surface area contributed by atoms with Crippen LogP contribution >= 0.6 is 22.7 Å². The Hall–Kier alpha value is -10.5. The number of nitrogens with one attached hydrogen (secondary N) is 5. The normalized spacial score (nSPS) is 20.1. The first-order chi connectivity index (χ1) is 55.8. The minimum atomic E-state index is -3.86. The third-order valence-corrected chi connectivity index (χ3v) is 23.0. The maximum atomic E-state index is 14.0. The van der Waals surface area contributed by atoms with E-state index in [4.69, 9.17) is 54.8 Å². The fourth-order valence-corrected chi connectivity index (χ4v) is 16.0. The van der Waals surface area contributed by atoms with Gasteiger partial charge in [0.05, 0.1) is 60.2 Å². The number of carboxylic acid groups (broad SMARTS) is 1. The molecule has 4 saturated carbocycles. The molecule has 0 spiro atoms. The molecule has 120 heavy (non-hydrogen) atoms. The summed E-state index contributed by atoms with van der Waals surface area (Å²) in [6, 6.07) is 12.8. The third kappa shape index (κ3) is 27.0. The first-order valence-corrected chi connectivity index (χ1v) is 41.9. The van der Waals surface area contributed by atoms with E-state index in [1.165, 1.54) is 44.6 Å². The van der Waals surface area contributed by atoms with Crippen LogP contribution in [0.15, 0.2) is 161 Å². The number of ether oxygens (including phenoxy) is 6. The number of fused-ring (bicyclic) bond motifs is 2. The number of benzene rings is 2. The number of carbonyl (C=O) groups is 6. The van der Waals surface area contributed by atoms with Crippen molar-refractivity contribution in [2.45, 2.75) is 205 Å². The van der Waals surface area contributed by atoms with Crippen LogP contribution in [0.2, 0.25) is 0 Å². The summed E-state index contributed by atoms with van der Waals surface area (Å²) in [5, 5.41) is 32.5. The van der Waals surface area contributed by atoms with Gasteiger partial charge >= 0.3 is 18.2 Å². The van der Waals surface area contributed by atoms with Crippen molar-refractivity contribution in [1.82, 2.24) is 45.1 Å². The molecule has 6 fully saturated rings. The molecule has 2 saturated heterocycles. The molecule has 8 N–H and O–H groups in total. The number of hydrogen-bond acceptors (Lipinski definition) is 24. The largest absolute Gasteiger partial charge is 0.497 e. The quantitative estimate of drug-likeness (QED) is 0.0178. The molecule has 29 nitrogen and oxygen atoms in total. The molecule has 2 aliphatic heterocycles. The number of pyridine rings is 2. The second kappa shape index (κ2) is 42.6. The number of anilines is 2. The summed E-state index contributed by atoms with van der Waals surface area (Å²) in [5.41, 5.74) is 26.0. The third-order valence-electron chi connectivity index (χ3n) is 18.2. The summed E-state index contributed by atoms with van der Waals surface area (Å²) in [5.74, 6) is -1.88. The van der Waals surface area contributed by atoms with E-state index < -0.39 is 120 Å². The zero-order chi connectivity index (χ0) is 86.8. The van der Waals surface area contributed by atoms with Crippen LogP contribution in [0.5, 0.6) is 23.0 Å². The molecule has 35 heteroatoms. The van der Waals surface area contributed by atoms with E-state index in [0.29, 0.717) is 80.4 Å². The zero-order valence-corrected chi connectivity index (χ0v) is 75.0. The maximum Gasteiger partial charge on any atom is 0.411 e. The summed E-state index contributed by atoms with van der Waals surface area (Å²) in [7, 11) is -0.0955. The van der Waals surface area contributed by atoms with Crippen molar-refractivity contribution in [3.8, 4) is 45.8 Å². The summed E-state index contributed by atoms with van der Waals surface area (Å²) in [6.45, 7) is 32.6. The van der Waals surface area contributed by atoms with Crippen molar-refractivity contribution in [2.75, 3.05) is 37.9 Å². The van der Waals surface area contributed by atoms with Crippen LogP contribution in [0.1, 0.15) is 135 Å². The van der Waals surface area contributed by atoms with Crippen LogP contribution in [0, 0.1) is 42.9 Å². The van der Waals surface area contributed by atoms with Crippen LogP contribution < -0.4 is 50.1 Å². The van der Waals surface area contributed by atoms with Gasteiger partial charge in [0.1, 0.15) is 81.0 Å². The Kier molecular flexibility index (Phi) is 34.9. The molecule has 5 amide bonds. The topological polar surface area (TPSA) is 391 Å². The number of aliphatic carboxylic acids is 1. The first kappa shape index (κ1) is 98.3. The van der Waals surface area contributed by atoms with Crippen LogP contribution in [0.25, 0.3) is 44.6 Å². The molecule has 8 atom stereocenters. The number of carboxylic acids is 1. The van der Waals surface area contributed by atoms with E-state index in [1.807, 2.05) is 50.6 Å². The molecule has 4 aliphatic carbocycles. The van der Waals surface area contributed by atoms with Gasteiger partial charge in [-0.1, -0.05) is 38.5 Å². The predicted molar refractivity (Wildman–Crippen MR) is 461 cm³/mol. The van der Waals surface area contributed by atoms with Gasteiger partial charge in [-0.3, -0.25) is 28.9 Å². The first-order valence-electron chi connectivity index (χ1n) is 37.6. The van der Waals surface area contributed by atoms with E-state index in [2.05, 4.69) is 124 Å². The predicted octanol–water partition coefficient (Wildman–Crippen LogP) is 12.3. The molecule has 4 aromatic heterocycles. The zero-order valence-electron chi connectivity index (χ0n) is 68.6. The van der Waals surface area contributed by atoms with E-state index in [-0.39, 0.29) is 102 Å². The Morgan fingerprint density at radius 2 is 0.983 bits per heavy atom. The average Bonchev–Trinajstić information content (AvgIpc) is 1.53. The molecule has 6 heterocycles. The standard InChI is InChI=1S/C35H44N6O8S2.C32H39N5O7S.C13H4.C3H7NO2S.2CH4.BH.U/c1-8-20-16-35(20,31(43)40-51(45,46)23-10-11-23)39-30(42)28-14-22(17-41(28)33(44)49-34(4,5)6)48-29-15-26(27-18-50-32(38-27)36-19(2)3)37-25-13-21(47-7)9-12-24(25)29;1-8-18-14-32(18,28(39)40)36-27(38)25-12-20(15-37(25)30(41)44-31(4,5)6)43-26-13-23(24-16-45-29(35-24)33-17(2)3)34-22-11-19(42-7)9-10-21(22)26;1-3-5-7-9-11-13-12-10-8-6-4-2;4-7(5,6)3-1-2-3;;;;/h8-9,12-13,15,18-20,22-23,28H,1,10-11,14,16-17H2,2-7H3,(H,36,38)(H,39,42)(H,40,43);8-11,13,16-18,20,25H,1,12,14-15H2,2-7H3,(H,33,35)(H,36,38)(H,39,40);1-2H2;3H,1-2H2,(H2,4,5,6);2*1H4;1H;/t20-,22-,28+,35-;18-,20-,25+,32-;;;;;;/m11....../s1/i;;;;;;1D;. The number of hydrogen-bond donors (Lipinski definition) is 7. The number of carbonyl (C=O) groups excluding carboxylic acids is 5. The molecule has 636 valence electrons. The fourth-order valence-electron chi connectivity index (χ4n) is 12.2. The van der Waals surface area contributed by atoms with Gasteiger partial charge in [0.2, 0.25) is 31.9 Å². The Balaban J connectivity index is 0.000000339.